The number of rotatable bonds is 1. The van der Waals surface area contributed by atoms with Crippen LogP contribution in [0.15, 0.2) is 73.2 Å². The molecular formula is C14H15NO2. The van der Waals surface area contributed by atoms with Crippen molar-refractivity contribution < 1.29 is 9.90 Å². The largest absolute Gasteiger partial charge is 0.481 e. The molecule has 0 spiro atoms. The summed E-state index contributed by atoms with van der Waals surface area (Å²) in [5.74, 6) is -1.27. The summed E-state index contributed by atoms with van der Waals surface area (Å²) in [7, 11) is 0. The van der Waals surface area contributed by atoms with E-state index in [1.807, 2.05) is 36.7 Å². The molecule has 3 nitrogen and oxygen atoms in total. The molecule has 0 saturated carbocycles. The number of carboxylic acids is 1. The lowest BCUT2D eigenvalue weighted by atomic mass is 10.1. The van der Waals surface area contributed by atoms with Crippen LogP contribution in [0.5, 0.6) is 0 Å². The first-order chi connectivity index (χ1) is 8.30. The third kappa shape index (κ3) is 5.99. The maximum Gasteiger partial charge on any atom is 0.314 e. The topological polar surface area (TPSA) is 49.3 Å². The van der Waals surface area contributed by atoms with Gasteiger partial charge in [-0.05, 0) is 12.2 Å². The molecule has 1 heterocycles. The number of hydrogen-bond acceptors (Lipinski definition) is 2. The highest BCUT2D eigenvalue weighted by Gasteiger charge is 2.08. The molecule has 0 bridgehead atoms. The molecule has 2 N–H and O–H groups in total. The zero-order chi connectivity index (χ0) is 12.3. The minimum absolute atomic E-state index is 0.463. The number of hydrogen-bond donors (Lipinski definition) is 2. The molecule has 0 aromatic heterocycles. The van der Waals surface area contributed by atoms with Gasteiger partial charge in [-0.1, -0.05) is 48.6 Å². The lowest BCUT2D eigenvalue weighted by Gasteiger charge is -1.96. The molecule has 0 unspecified atom stereocenters. The van der Waals surface area contributed by atoms with Crippen LogP contribution >= 0.6 is 0 Å². The molecule has 0 aromatic carbocycles. The molecule has 1 aliphatic carbocycles. The van der Waals surface area contributed by atoms with Crippen molar-refractivity contribution in [2.24, 2.45) is 5.92 Å². The van der Waals surface area contributed by atoms with Crippen LogP contribution < -0.4 is 5.32 Å². The first-order valence-electron chi connectivity index (χ1n) is 5.29. The predicted octanol–water partition coefficient (Wildman–Crippen LogP) is 2.54. The highest BCUT2D eigenvalue weighted by Crippen LogP contribution is 2.04. The van der Waals surface area contributed by atoms with E-state index in [0.29, 0.717) is 0 Å². The van der Waals surface area contributed by atoms with Crippen LogP contribution in [0.2, 0.25) is 0 Å². The molecule has 17 heavy (non-hydrogen) atoms. The first kappa shape index (κ1) is 12.8. The summed E-state index contributed by atoms with van der Waals surface area (Å²) in [6.07, 6.45) is 21.9. The quantitative estimate of drug-likeness (QED) is 0.726. The Balaban J connectivity index is 0.000000181. The Morgan fingerprint density at radius 1 is 0.824 bits per heavy atom. The Morgan fingerprint density at radius 3 is 1.76 bits per heavy atom. The second-order valence-electron chi connectivity index (χ2n) is 3.29. The number of aliphatic carboxylic acids is 1. The fraction of sp³-hybridized carbons (Fsp3) is 0.0714. The second-order valence-corrected chi connectivity index (χ2v) is 3.29. The summed E-state index contributed by atoms with van der Waals surface area (Å²) < 4.78 is 0. The van der Waals surface area contributed by atoms with E-state index in [9.17, 15) is 4.79 Å². The van der Waals surface area contributed by atoms with E-state index in [2.05, 4.69) is 5.32 Å². The molecule has 0 radical (unpaired) electrons. The summed E-state index contributed by atoms with van der Waals surface area (Å²) in [5, 5.41) is 11.5. The van der Waals surface area contributed by atoms with E-state index in [0.717, 1.165) is 0 Å². The van der Waals surface area contributed by atoms with E-state index < -0.39 is 11.9 Å². The Bertz CT molecular complexity index is 382. The standard InChI is InChI=1S/C8H8O2.C6H7N/c9-8(10)7-5-3-1-2-4-6-7;1-2-4-6-7-5-3-1/h1-7H,(H,9,10);1-7H. The monoisotopic (exact) mass is 229 g/mol. The Labute approximate surface area is 101 Å². The van der Waals surface area contributed by atoms with Gasteiger partial charge in [0.2, 0.25) is 0 Å². The molecule has 0 amide bonds. The molecule has 88 valence electrons. The summed E-state index contributed by atoms with van der Waals surface area (Å²) in [5.41, 5.74) is 0. The van der Waals surface area contributed by atoms with Crippen molar-refractivity contribution in [1.29, 1.82) is 0 Å². The number of nitrogens with one attached hydrogen (secondary N) is 1. The molecule has 0 aromatic rings. The van der Waals surface area contributed by atoms with Crippen LogP contribution in [0, 0.1) is 5.92 Å². The van der Waals surface area contributed by atoms with Crippen LogP contribution in [0.3, 0.4) is 0 Å². The average molecular weight is 229 g/mol. The number of allylic oxidation sites excluding steroid dienone is 8. The predicted molar refractivity (Wildman–Crippen MR) is 69.1 cm³/mol. The van der Waals surface area contributed by atoms with Gasteiger partial charge in [0.05, 0.1) is 5.92 Å². The van der Waals surface area contributed by atoms with Crippen molar-refractivity contribution in [1.82, 2.24) is 5.32 Å². The van der Waals surface area contributed by atoms with Gasteiger partial charge in [0.1, 0.15) is 0 Å². The fourth-order valence-electron chi connectivity index (χ4n) is 1.13. The first-order valence-corrected chi connectivity index (χ1v) is 5.29. The summed E-state index contributed by atoms with van der Waals surface area (Å²) in [4.78, 5) is 10.4. The molecule has 2 rings (SSSR count). The van der Waals surface area contributed by atoms with Crippen molar-refractivity contribution in [2.45, 2.75) is 0 Å². The van der Waals surface area contributed by atoms with Gasteiger partial charge in [0.25, 0.3) is 0 Å². The molecule has 0 atom stereocenters. The van der Waals surface area contributed by atoms with Gasteiger partial charge in [-0.15, -0.1) is 0 Å². The zero-order valence-electron chi connectivity index (χ0n) is 9.36. The second kappa shape index (κ2) is 7.93. The lowest BCUT2D eigenvalue weighted by molar-refractivity contribution is -0.138. The van der Waals surface area contributed by atoms with Gasteiger partial charge in [-0.2, -0.15) is 0 Å². The number of carboxylic acid groups (broad SMARTS) is 1. The van der Waals surface area contributed by atoms with E-state index in [1.54, 1.807) is 36.5 Å². The zero-order valence-corrected chi connectivity index (χ0v) is 9.36. The third-order valence-electron chi connectivity index (χ3n) is 1.97. The molecule has 3 heteroatoms. The smallest absolute Gasteiger partial charge is 0.314 e. The minimum atomic E-state index is -0.809. The van der Waals surface area contributed by atoms with Crippen molar-refractivity contribution in [2.75, 3.05) is 0 Å². The molecule has 2 aliphatic rings. The van der Waals surface area contributed by atoms with Crippen LogP contribution in [-0.2, 0) is 4.79 Å². The number of carbonyl (C=O) groups is 1. The van der Waals surface area contributed by atoms with Gasteiger partial charge in [-0.25, -0.2) is 0 Å². The Morgan fingerprint density at radius 2 is 1.29 bits per heavy atom. The van der Waals surface area contributed by atoms with Gasteiger partial charge in [0.15, 0.2) is 0 Å². The third-order valence-corrected chi connectivity index (χ3v) is 1.97. The average Bonchev–Trinajstić information content (AvgIpc) is 2.77. The Kier molecular flexibility index (Phi) is 5.96. The van der Waals surface area contributed by atoms with E-state index in [4.69, 9.17) is 5.11 Å². The molecule has 0 saturated heterocycles. The van der Waals surface area contributed by atoms with Gasteiger partial charge in [0, 0.05) is 12.4 Å². The molecular weight excluding hydrogens is 214 g/mol. The summed E-state index contributed by atoms with van der Waals surface area (Å²) >= 11 is 0. The normalized spacial score (nSPS) is 16.7. The van der Waals surface area contributed by atoms with Crippen molar-refractivity contribution in [3.05, 3.63) is 73.2 Å². The van der Waals surface area contributed by atoms with Gasteiger partial charge < -0.3 is 10.4 Å². The van der Waals surface area contributed by atoms with E-state index >= 15 is 0 Å². The molecule has 0 fully saturated rings. The summed E-state index contributed by atoms with van der Waals surface area (Å²) in [6, 6.07) is 0. The van der Waals surface area contributed by atoms with Crippen molar-refractivity contribution in [3.63, 3.8) is 0 Å². The van der Waals surface area contributed by atoms with E-state index in [1.165, 1.54) is 0 Å². The van der Waals surface area contributed by atoms with Crippen LogP contribution in [0.25, 0.3) is 0 Å². The van der Waals surface area contributed by atoms with Crippen LogP contribution in [0.4, 0.5) is 0 Å². The van der Waals surface area contributed by atoms with Gasteiger partial charge >= 0.3 is 5.97 Å². The van der Waals surface area contributed by atoms with Gasteiger partial charge in [-0.3, -0.25) is 4.79 Å². The van der Waals surface area contributed by atoms with Crippen LogP contribution in [0.1, 0.15) is 0 Å². The highest BCUT2D eigenvalue weighted by molar-refractivity contribution is 5.74. The lowest BCUT2D eigenvalue weighted by Crippen LogP contribution is -2.06. The minimum Gasteiger partial charge on any atom is -0.481 e. The SMILES string of the molecule is C1=CC=CNC=C1.O=C(O)C1C=CC=CC=C1. The van der Waals surface area contributed by atoms with Crippen LogP contribution in [-0.4, -0.2) is 11.1 Å². The highest BCUT2D eigenvalue weighted by atomic mass is 16.4. The maximum atomic E-state index is 10.4. The van der Waals surface area contributed by atoms with Crippen molar-refractivity contribution >= 4 is 5.97 Å². The Hall–Kier alpha value is -2.29. The van der Waals surface area contributed by atoms with Crippen molar-refractivity contribution in [3.8, 4) is 0 Å². The maximum absolute atomic E-state index is 10.4. The molecule has 1 aliphatic heterocycles. The van der Waals surface area contributed by atoms with E-state index in [-0.39, 0.29) is 0 Å². The summed E-state index contributed by atoms with van der Waals surface area (Å²) in [6.45, 7) is 0. The fourth-order valence-corrected chi connectivity index (χ4v) is 1.13.